The number of hydrogen-bond donors (Lipinski definition) is 2. The molecule has 2 N–H and O–H groups in total. The van der Waals surface area contributed by atoms with E-state index < -0.39 is 10.0 Å². The van der Waals surface area contributed by atoms with Crippen molar-refractivity contribution in [2.75, 3.05) is 18.9 Å². The fourth-order valence-corrected chi connectivity index (χ4v) is 5.05. The van der Waals surface area contributed by atoms with Crippen molar-refractivity contribution in [1.82, 2.24) is 5.32 Å². The zero-order valence-electron chi connectivity index (χ0n) is 20.2. The highest BCUT2D eigenvalue weighted by atomic mass is 32.2. The molecular weight excluding hydrogens is 452 g/mol. The Morgan fingerprint density at radius 2 is 1.56 bits per heavy atom. The number of nitrogens with one attached hydrogen (secondary N) is 2. The molecule has 34 heavy (non-hydrogen) atoms. The molecule has 7 nitrogen and oxygen atoms in total. The average molecular weight is 483 g/mol. The van der Waals surface area contributed by atoms with Crippen LogP contribution in [0.15, 0.2) is 59.5 Å². The summed E-state index contributed by atoms with van der Waals surface area (Å²) < 4.78 is 39.5. The molecule has 180 valence electrons. The van der Waals surface area contributed by atoms with Crippen molar-refractivity contribution in [3.05, 3.63) is 82.4 Å². The largest absolute Gasteiger partial charge is 0.493 e. The number of benzene rings is 3. The van der Waals surface area contributed by atoms with Gasteiger partial charge in [0.15, 0.2) is 11.5 Å². The molecule has 0 fully saturated rings. The predicted molar refractivity (Wildman–Crippen MR) is 133 cm³/mol. The molecule has 0 saturated heterocycles. The van der Waals surface area contributed by atoms with E-state index >= 15 is 0 Å². The summed E-state index contributed by atoms with van der Waals surface area (Å²) in [5.41, 5.74) is 3.97. The topological polar surface area (TPSA) is 93.7 Å². The lowest BCUT2D eigenvalue weighted by molar-refractivity contribution is 0.0939. The molecule has 8 heteroatoms. The van der Waals surface area contributed by atoms with E-state index in [0.717, 1.165) is 16.7 Å². The van der Waals surface area contributed by atoms with Gasteiger partial charge >= 0.3 is 0 Å². The Morgan fingerprint density at radius 3 is 2.21 bits per heavy atom. The number of hydrogen-bond acceptors (Lipinski definition) is 5. The van der Waals surface area contributed by atoms with Crippen molar-refractivity contribution in [3.8, 4) is 11.5 Å². The van der Waals surface area contributed by atoms with Crippen LogP contribution in [0.5, 0.6) is 11.5 Å². The Bertz CT molecular complexity index is 1320. The second kappa shape index (κ2) is 10.2. The van der Waals surface area contributed by atoms with Gasteiger partial charge in [-0.3, -0.25) is 9.52 Å². The SMILES string of the molecule is COc1ccc(C(C)NC(=O)c2ccc(C)c(S(=O)(=O)Nc3ccc(C)cc3C)c2)cc1OC. The van der Waals surface area contributed by atoms with E-state index in [-0.39, 0.29) is 22.4 Å². The van der Waals surface area contributed by atoms with Gasteiger partial charge in [-0.25, -0.2) is 8.42 Å². The van der Waals surface area contributed by atoms with Crippen LogP contribution >= 0.6 is 0 Å². The molecule has 0 aliphatic heterocycles. The monoisotopic (exact) mass is 482 g/mol. The van der Waals surface area contributed by atoms with Gasteiger partial charge in [-0.15, -0.1) is 0 Å². The van der Waals surface area contributed by atoms with Crippen LogP contribution in [0.3, 0.4) is 0 Å². The molecule has 3 aromatic rings. The molecule has 0 aromatic heterocycles. The van der Waals surface area contributed by atoms with Crippen molar-refractivity contribution < 1.29 is 22.7 Å². The molecule has 0 radical (unpaired) electrons. The second-order valence-corrected chi connectivity index (χ2v) is 9.86. The molecule has 0 spiro atoms. The van der Waals surface area contributed by atoms with Gasteiger partial charge in [0.2, 0.25) is 0 Å². The summed E-state index contributed by atoms with van der Waals surface area (Å²) in [6.07, 6.45) is 0. The summed E-state index contributed by atoms with van der Waals surface area (Å²) in [5.74, 6) is 0.766. The van der Waals surface area contributed by atoms with E-state index in [9.17, 15) is 13.2 Å². The van der Waals surface area contributed by atoms with E-state index in [1.54, 1.807) is 51.5 Å². The van der Waals surface area contributed by atoms with E-state index in [2.05, 4.69) is 10.0 Å². The van der Waals surface area contributed by atoms with Gasteiger partial charge in [0.1, 0.15) is 0 Å². The third-order valence-electron chi connectivity index (χ3n) is 5.62. The zero-order valence-corrected chi connectivity index (χ0v) is 21.0. The molecule has 0 bridgehead atoms. The molecular formula is C26H30N2O5S. The number of carbonyl (C=O) groups excluding carboxylic acids is 1. The summed E-state index contributed by atoms with van der Waals surface area (Å²) in [5, 5.41) is 2.91. The molecule has 0 heterocycles. The van der Waals surface area contributed by atoms with Crippen LogP contribution in [0.4, 0.5) is 5.69 Å². The number of aryl methyl sites for hydroxylation is 3. The first-order valence-corrected chi connectivity index (χ1v) is 12.3. The molecule has 3 aromatic carbocycles. The standard InChI is InChI=1S/C26H30N2O5S/c1-16-7-11-22(18(3)13-16)28-34(30,31)25-15-21(9-8-17(25)2)26(29)27-19(4)20-10-12-23(32-5)24(14-20)33-6/h7-15,19,28H,1-6H3,(H,27,29). The number of methoxy groups -OCH3 is 2. The maximum Gasteiger partial charge on any atom is 0.262 e. The van der Waals surface area contributed by atoms with Gasteiger partial charge in [0, 0.05) is 5.56 Å². The number of amides is 1. The highest BCUT2D eigenvalue weighted by molar-refractivity contribution is 7.92. The lowest BCUT2D eigenvalue weighted by Crippen LogP contribution is -2.27. The van der Waals surface area contributed by atoms with Crippen LogP contribution in [0.25, 0.3) is 0 Å². The Balaban J connectivity index is 1.84. The first-order valence-electron chi connectivity index (χ1n) is 10.8. The molecule has 1 unspecified atom stereocenters. The third kappa shape index (κ3) is 5.51. The summed E-state index contributed by atoms with van der Waals surface area (Å²) in [6.45, 7) is 7.33. The van der Waals surface area contributed by atoms with E-state index in [1.165, 1.54) is 6.07 Å². The van der Waals surface area contributed by atoms with Crippen LogP contribution in [-0.4, -0.2) is 28.5 Å². The minimum Gasteiger partial charge on any atom is -0.493 e. The first kappa shape index (κ1) is 25.1. The van der Waals surface area contributed by atoms with Crippen LogP contribution in [0.1, 0.15) is 45.6 Å². The highest BCUT2D eigenvalue weighted by Gasteiger charge is 2.21. The van der Waals surface area contributed by atoms with Gasteiger partial charge < -0.3 is 14.8 Å². The Kier molecular flexibility index (Phi) is 7.51. The molecule has 0 saturated carbocycles. The van der Waals surface area contributed by atoms with Crippen molar-refractivity contribution in [2.24, 2.45) is 0 Å². The first-order chi connectivity index (χ1) is 16.1. The van der Waals surface area contributed by atoms with Crippen LogP contribution in [0.2, 0.25) is 0 Å². The smallest absolute Gasteiger partial charge is 0.262 e. The molecule has 3 rings (SSSR count). The number of carbonyl (C=O) groups is 1. The van der Waals surface area contributed by atoms with Crippen molar-refractivity contribution in [2.45, 2.75) is 38.6 Å². The van der Waals surface area contributed by atoms with Crippen molar-refractivity contribution in [1.29, 1.82) is 0 Å². The number of sulfonamides is 1. The molecule has 0 aliphatic carbocycles. The highest BCUT2D eigenvalue weighted by Crippen LogP contribution is 2.30. The fourth-order valence-electron chi connectivity index (χ4n) is 3.64. The van der Waals surface area contributed by atoms with Crippen molar-refractivity contribution in [3.63, 3.8) is 0 Å². The quantitative estimate of drug-likeness (QED) is 0.475. The molecule has 0 aliphatic rings. The average Bonchev–Trinajstić information content (AvgIpc) is 2.80. The lowest BCUT2D eigenvalue weighted by atomic mass is 10.1. The minimum atomic E-state index is -3.89. The summed E-state index contributed by atoms with van der Waals surface area (Å²) in [4.78, 5) is 13.0. The van der Waals surface area contributed by atoms with E-state index in [1.807, 2.05) is 39.0 Å². The van der Waals surface area contributed by atoms with Gasteiger partial charge in [0.25, 0.3) is 15.9 Å². The minimum absolute atomic E-state index is 0.0545. The van der Waals surface area contributed by atoms with Gasteiger partial charge in [-0.2, -0.15) is 0 Å². The fraction of sp³-hybridized carbons (Fsp3) is 0.269. The molecule has 1 amide bonds. The Hall–Kier alpha value is -3.52. The Labute approximate surface area is 201 Å². The maximum atomic E-state index is 13.1. The zero-order chi connectivity index (χ0) is 25.0. The third-order valence-corrected chi connectivity index (χ3v) is 7.13. The summed E-state index contributed by atoms with van der Waals surface area (Å²) >= 11 is 0. The predicted octanol–water partition coefficient (Wildman–Crippen LogP) is 4.92. The second-order valence-electron chi connectivity index (χ2n) is 8.21. The van der Waals surface area contributed by atoms with E-state index in [0.29, 0.717) is 22.7 Å². The van der Waals surface area contributed by atoms with Crippen molar-refractivity contribution >= 4 is 21.6 Å². The van der Waals surface area contributed by atoms with Crippen LogP contribution in [-0.2, 0) is 10.0 Å². The normalized spacial score (nSPS) is 12.1. The van der Waals surface area contributed by atoms with Gasteiger partial charge in [0.05, 0.1) is 30.8 Å². The summed E-state index contributed by atoms with van der Waals surface area (Å²) in [6, 6.07) is 15.2. The molecule has 1 atom stereocenters. The Morgan fingerprint density at radius 1 is 0.853 bits per heavy atom. The summed E-state index contributed by atoms with van der Waals surface area (Å²) in [7, 11) is -0.790. The number of rotatable bonds is 8. The maximum absolute atomic E-state index is 13.1. The lowest BCUT2D eigenvalue weighted by Gasteiger charge is -2.17. The van der Waals surface area contributed by atoms with Crippen LogP contribution in [0, 0.1) is 20.8 Å². The van der Waals surface area contributed by atoms with Gasteiger partial charge in [-0.1, -0.05) is 29.8 Å². The number of ether oxygens (including phenoxy) is 2. The van der Waals surface area contributed by atoms with E-state index in [4.69, 9.17) is 9.47 Å². The number of anilines is 1. The van der Waals surface area contributed by atoms with Gasteiger partial charge in [-0.05, 0) is 74.7 Å². The van der Waals surface area contributed by atoms with Crippen LogP contribution < -0.4 is 19.5 Å².